The van der Waals surface area contributed by atoms with Crippen molar-refractivity contribution >= 4 is 28.9 Å². The number of halogens is 1. The number of imidazole rings is 1. The van der Waals surface area contributed by atoms with Gasteiger partial charge < -0.3 is 14.0 Å². The molecule has 0 N–H and O–H groups in total. The monoisotopic (exact) mass is 322 g/mol. The summed E-state index contributed by atoms with van der Waals surface area (Å²) in [6, 6.07) is 0.158. The lowest BCUT2D eigenvalue weighted by molar-refractivity contribution is 0.0630. The predicted molar refractivity (Wildman–Crippen MR) is 79.6 cm³/mol. The lowest BCUT2D eigenvalue weighted by Gasteiger charge is -2.23. The molecule has 0 radical (unpaired) electrons. The summed E-state index contributed by atoms with van der Waals surface area (Å²) >= 11 is 6.01. The van der Waals surface area contributed by atoms with Crippen LogP contribution in [0.15, 0.2) is 24.8 Å². The van der Waals surface area contributed by atoms with Crippen LogP contribution in [0.3, 0.4) is 0 Å². The molecule has 0 bridgehead atoms. The normalized spacial score (nSPS) is 21.0. The van der Waals surface area contributed by atoms with Gasteiger partial charge in [0.05, 0.1) is 19.5 Å². The van der Waals surface area contributed by atoms with E-state index < -0.39 is 6.16 Å². The van der Waals surface area contributed by atoms with Crippen molar-refractivity contribution in [2.45, 2.75) is 18.9 Å². The molecule has 0 spiro atoms. The Balaban J connectivity index is 1.72. The first-order chi connectivity index (χ1) is 10.7. The molecule has 1 aliphatic rings. The first kappa shape index (κ1) is 14.8. The van der Waals surface area contributed by atoms with Gasteiger partial charge in [-0.3, -0.25) is 0 Å². The van der Waals surface area contributed by atoms with Crippen molar-refractivity contribution < 1.29 is 14.3 Å². The van der Waals surface area contributed by atoms with Crippen LogP contribution >= 0.6 is 11.6 Å². The average Bonchev–Trinajstić information content (AvgIpc) is 2.98. The highest BCUT2D eigenvalue weighted by molar-refractivity contribution is 6.33. The Hall–Kier alpha value is -2.15. The molecule has 0 aliphatic heterocycles. The Bertz CT molecular complexity index is 715. The van der Waals surface area contributed by atoms with Crippen LogP contribution < -0.4 is 0 Å². The van der Waals surface area contributed by atoms with Crippen LogP contribution in [-0.2, 0) is 9.47 Å². The molecule has 116 valence electrons. The smallest absolute Gasteiger partial charge is 0.438 e. The molecule has 2 heterocycles. The number of aromatic nitrogens is 4. The number of carbonyl (C=O) groups is 1. The highest BCUT2D eigenvalue weighted by Gasteiger charge is 2.21. The fourth-order valence-corrected chi connectivity index (χ4v) is 2.71. The van der Waals surface area contributed by atoms with E-state index in [9.17, 15) is 4.79 Å². The number of fused-ring (bicyclic) bond motifs is 1. The van der Waals surface area contributed by atoms with Crippen molar-refractivity contribution in [2.75, 3.05) is 13.7 Å². The van der Waals surface area contributed by atoms with Crippen LogP contribution in [0, 0.1) is 5.92 Å². The summed E-state index contributed by atoms with van der Waals surface area (Å²) in [5, 5.41) is 0.355. The second-order valence-electron chi connectivity index (χ2n) is 5.04. The van der Waals surface area contributed by atoms with E-state index in [1.807, 2.05) is 10.6 Å². The van der Waals surface area contributed by atoms with E-state index in [1.54, 1.807) is 6.33 Å². The molecule has 7 nitrogen and oxygen atoms in total. The molecule has 0 fully saturated rings. The molecule has 3 rings (SSSR count). The van der Waals surface area contributed by atoms with Crippen LogP contribution in [0.1, 0.15) is 18.9 Å². The standard InChI is InChI=1S/C14H15ClN4O3/c1-21-14(20)22-6-9-2-4-10(5-3-9)19-8-18-11-12(15)16-7-17-13(11)19/h2,4,7-10H,3,5-6H2,1H3. The highest BCUT2D eigenvalue weighted by atomic mass is 35.5. The minimum absolute atomic E-state index is 0.158. The third-order valence-electron chi connectivity index (χ3n) is 3.69. The van der Waals surface area contributed by atoms with E-state index in [2.05, 4.69) is 25.8 Å². The van der Waals surface area contributed by atoms with Gasteiger partial charge in [-0.1, -0.05) is 23.8 Å². The molecule has 0 saturated heterocycles. The zero-order chi connectivity index (χ0) is 15.5. The van der Waals surface area contributed by atoms with E-state index in [0.29, 0.717) is 17.3 Å². The minimum Gasteiger partial charge on any atom is -0.438 e. The molecule has 0 saturated carbocycles. The van der Waals surface area contributed by atoms with Crippen LogP contribution in [0.5, 0.6) is 0 Å². The first-order valence-electron chi connectivity index (χ1n) is 6.91. The third-order valence-corrected chi connectivity index (χ3v) is 3.97. The molecule has 22 heavy (non-hydrogen) atoms. The van der Waals surface area contributed by atoms with E-state index in [-0.39, 0.29) is 12.0 Å². The van der Waals surface area contributed by atoms with Crippen LogP contribution in [0.25, 0.3) is 11.2 Å². The number of methoxy groups -OCH3 is 1. The summed E-state index contributed by atoms with van der Waals surface area (Å²) in [7, 11) is 1.30. The Labute approximate surface area is 131 Å². The molecule has 2 aromatic heterocycles. The summed E-state index contributed by atoms with van der Waals surface area (Å²) in [5.41, 5.74) is 1.33. The summed E-state index contributed by atoms with van der Waals surface area (Å²) < 4.78 is 11.4. The fourth-order valence-electron chi connectivity index (χ4n) is 2.53. The molecular formula is C14H15ClN4O3. The number of ether oxygens (including phenoxy) is 2. The van der Waals surface area contributed by atoms with Crippen molar-refractivity contribution in [2.24, 2.45) is 5.92 Å². The van der Waals surface area contributed by atoms with Gasteiger partial charge in [0.15, 0.2) is 10.8 Å². The fraction of sp³-hybridized carbons (Fsp3) is 0.429. The summed E-state index contributed by atoms with van der Waals surface area (Å²) in [6.07, 6.45) is 8.43. The van der Waals surface area contributed by atoms with Gasteiger partial charge in [-0.15, -0.1) is 0 Å². The molecule has 0 amide bonds. The van der Waals surface area contributed by atoms with Gasteiger partial charge in [-0.05, 0) is 12.8 Å². The highest BCUT2D eigenvalue weighted by Crippen LogP contribution is 2.29. The second-order valence-corrected chi connectivity index (χ2v) is 5.40. The Kier molecular flexibility index (Phi) is 4.24. The Morgan fingerprint density at radius 2 is 2.23 bits per heavy atom. The molecule has 0 aromatic carbocycles. The third kappa shape index (κ3) is 2.89. The van der Waals surface area contributed by atoms with Gasteiger partial charge in [0.2, 0.25) is 0 Å². The number of hydrogen-bond donors (Lipinski definition) is 0. The van der Waals surface area contributed by atoms with Gasteiger partial charge >= 0.3 is 6.16 Å². The van der Waals surface area contributed by atoms with Crippen LogP contribution in [-0.4, -0.2) is 39.4 Å². The molecule has 8 heteroatoms. The number of allylic oxidation sites excluding steroid dienone is 1. The maximum Gasteiger partial charge on any atom is 0.507 e. The van der Waals surface area contributed by atoms with Crippen molar-refractivity contribution in [3.8, 4) is 0 Å². The average molecular weight is 323 g/mol. The van der Waals surface area contributed by atoms with Crippen molar-refractivity contribution in [1.29, 1.82) is 0 Å². The van der Waals surface area contributed by atoms with E-state index >= 15 is 0 Å². The van der Waals surface area contributed by atoms with Crippen LogP contribution in [0.2, 0.25) is 5.15 Å². The minimum atomic E-state index is -0.650. The lowest BCUT2D eigenvalue weighted by atomic mass is 9.93. The van der Waals surface area contributed by atoms with Crippen molar-refractivity contribution in [3.63, 3.8) is 0 Å². The molecule has 2 unspecified atom stereocenters. The molecule has 1 aliphatic carbocycles. The molecular weight excluding hydrogens is 308 g/mol. The van der Waals surface area contributed by atoms with E-state index in [4.69, 9.17) is 16.3 Å². The molecule has 2 atom stereocenters. The van der Waals surface area contributed by atoms with Gasteiger partial charge in [-0.2, -0.15) is 0 Å². The number of hydrogen-bond acceptors (Lipinski definition) is 6. The topological polar surface area (TPSA) is 79.1 Å². The van der Waals surface area contributed by atoms with Crippen molar-refractivity contribution in [3.05, 3.63) is 30.0 Å². The predicted octanol–water partition coefficient (Wildman–Crippen LogP) is 2.77. The van der Waals surface area contributed by atoms with Crippen molar-refractivity contribution in [1.82, 2.24) is 19.5 Å². The second kappa shape index (κ2) is 6.31. The van der Waals surface area contributed by atoms with Crippen LogP contribution in [0.4, 0.5) is 4.79 Å². The summed E-state index contributed by atoms with van der Waals surface area (Å²) in [4.78, 5) is 23.4. The maximum atomic E-state index is 11.0. The molecule has 2 aromatic rings. The van der Waals surface area contributed by atoms with E-state index in [1.165, 1.54) is 13.4 Å². The summed E-state index contributed by atoms with van der Waals surface area (Å²) in [6.45, 7) is 0.328. The lowest BCUT2D eigenvalue weighted by Crippen LogP contribution is -2.18. The van der Waals surface area contributed by atoms with Gasteiger partial charge in [-0.25, -0.2) is 19.7 Å². The quantitative estimate of drug-likeness (QED) is 0.491. The summed E-state index contributed by atoms with van der Waals surface area (Å²) in [5.74, 6) is 0.198. The Morgan fingerprint density at radius 3 is 2.95 bits per heavy atom. The van der Waals surface area contributed by atoms with Gasteiger partial charge in [0, 0.05) is 5.92 Å². The first-order valence-corrected chi connectivity index (χ1v) is 7.29. The Morgan fingerprint density at radius 1 is 1.36 bits per heavy atom. The van der Waals surface area contributed by atoms with Gasteiger partial charge in [0.25, 0.3) is 0 Å². The number of carbonyl (C=O) groups excluding carboxylic acids is 1. The number of nitrogens with zero attached hydrogens (tertiary/aromatic N) is 4. The zero-order valence-corrected chi connectivity index (χ0v) is 12.7. The van der Waals surface area contributed by atoms with Gasteiger partial charge in [0.1, 0.15) is 18.5 Å². The zero-order valence-electron chi connectivity index (χ0n) is 12.0. The van der Waals surface area contributed by atoms with E-state index in [0.717, 1.165) is 18.5 Å². The maximum absolute atomic E-state index is 11.0. The number of rotatable bonds is 3. The largest absolute Gasteiger partial charge is 0.507 e. The SMILES string of the molecule is COC(=O)OCC1C=CC(n2cnc3c(Cl)ncnc32)CC1.